The van der Waals surface area contributed by atoms with Crippen molar-refractivity contribution in [3.8, 4) is 0 Å². The first kappa shape index (κ1) is 25.0. The van der Waals surface area contributed by atoms with E-state index in [0.29, 0.717) is 0 Å². The summed E-state index contributed by atoms with van der Waals surface area (Å²) >= 11 is -2.76. The normalized spacial score (nSPS) is 26.2. The van der Waals surface area contributed by atoms with Crippen LogP contribution in [-0.2, 0) is 20.0 Å². The van der Waals surface area contributed by atoms with Crippen LogP contribution < -0.4 is 24.8 Å². The largest absolute Gasteiger partial charge is 1.00 e. The second-order valence-electron chi connectivity index (χ2n) is 11.5. The van der Waals surface area contributed by atoms with Gasteiger partial charge >= 0.3 is 199 Å². The number of halogens is 2. The van der Waals surface area contributed by atoms with Gasteiger partial charge in [-0.1, -0.05) is 0 Å². The van der Waals surface area contributed by atoms with E-state index in [1.807, 2.05) is 11.1 Å². The van der Waals surface area contributed by atoms with Crippen molar-refractivity contribution in [2.45, 2.75) is 73.5 Å². The van der Waals surface area contributed by atoms with Gasteiger partial charge in [-0.3, -0.25) is 0 Å². The number of benzene rings is 2. The van der Waals surface area contributed by atoms with Crippen molar-refractivity contribution >= 4 is 12.2 Å². The van der Waals surface area contributed by atoms with Gasteiger partial charge in [0, 0.05) is 0 Å². The molecule has 4 aliphatic carbocycles. The smallest absolute Gasteiger partial charge is 1.00 e. The minimum Gasteiger partial charge on any atom is -1.00 e. The monoisotopic (exact) mass is 658 g/mol. The third-order valence-electron chi connectivity index (χ3n) is 10.0. The molecule has 34 heavy (non-hydrogen) atoms. The first-order valence-electron chi connectivity index (χ1n) is 13.5. The third kappa shape index (κ3) is 3.79. The maximum absolute atomic E-state index is 2.76. The van der Waals surface area contributed by atoms with Crippen LogP contribution in [0.1, 0.15) is 87.4 Å². The minimum atomic E-state index is -2.76. The van der Waals surface area contributed by atoms with Gasteiger partial charge < -0.3 is 24.8 Å². The van der Waals surface area contributed by atoms with Crippen LogP contribution in [0.25, 0.3) is 12.2 Å². The Hall–Kier alpha value is -0.630. The van der Waals surface area contributed by atoms with Gasteiger partial charge in [0.05, 0.1) is 0 Å². The summed E-state index contributed by atoms with van der Waals surface area (Å²) in [6.07, 6.45) is 18.5. The summed E-state index contributed by atoms with van der Waals surface area (Å²) < 4.78 is 4.96. The SMILES string of the molecule is C1=C(C2CCCC2)[CH]([Hf+2]2([CH]3C(C4CCCC4)=Cc4ccccc43)[CH2]C[CH2]2)c2ccccc21.[Cl-].[Cl-]. The van der Waals surface area contributed by atoms with Gasteiger partial charge in [-0.15, -0.1) is 0 Å². The minimum absolute atomic E-state index is 0. The molecule has 178 valence electrons. The molecule has 7 rings (SSSR count). The molecular weight excluding hydrogens is 622 g/mol. The van der Waals surface area contributed by atoms with E-state index in [1.54, 1.807) is 30.6 Å². The predicted molar refractivity (Wildman–Crippen MR) is 132 cm³/mol. The van der Waals surface area contributed by atoms with Gasteiger partial charge in [-0.05, 0) is 0 Å². The standard InChI is InChI=1S/2C14H15.C3H6.2ClH.Hf/c2*1-2-6-11(5-1)14-9-12-7-3-4-8-13(12)10-14;1-3-2;;;/h2*3-4,7-11H,1-2,5-6H2;1-3H2;2*1H;/q;;;;;+2/p-2. The Balaban J connectivity index is 0.00000120. The van der Waals surface area contributed by atoms with Crippen molar-refractivity contribution in [3.63, 3.8) is 0 Å². The van der Waals surface area contributed by atoms with Gasteiger partial charge in [-0.2, -0.15) is 0 Å². The second kappa shape index (κ2) is 10.0. The zero-order chi connectivity index (χ0) is 21.1. The van der Waals surface area contributed by atoms with Crippen molar-refractivity contribution in [1.82, 2.24) is 0 Å². The van der Waals surface area contributed by atoms with Crippen LogP contribution in [0.4, 0.5) is 0 Å². The summed E-state index contributed by atoms with van der Waals surface area (Å²) in [5, 5.41) is 0. The number of hydrogen-bond donors (Lipinski definition) is 0. The fourth-order valence-electron chi connectivity index (χ4n) is 8.53. The molecule has 1 aliphatic heterocycles. The molecular formula is C31H36Cl2Hf. The maximum atomic E-state index is 2.70. The molecule has 0 bridgehead atoms. The Morgan fingerprint density at radius 3 is 1.32 bits per heavy atom. The summed E-state index contributed by atoms with van der Waals surface area (Å²) in [5.74, 6) is 1.75. The van der Waals surface area contributed by atoms with Crippen molar-refractivity contribution in [1.29, 1.82) is 0 Å². The molecule has 2 aromatic carbocycles. The van der Waals surface area contributed by atoms with E-state index in [1.165, 1.54) is 57.8 Å². The molecule has 1 heterocycles. The zero-order valence-electron chi connectivity index (χ0n) is 20.1. The Morgan fingerprint density at radius 2 is 0.941 bits per heavy atom. The van der Waals surface area contributed by atoms with Gasteiger partial charge in [0.25, 0.3) is 0 Å². The second-order valence-corrected chi connectivity index (χ2v) is 28.1. The average molecular weight is 658 g/mol. The van der Waals surface area contributed by atoms with Crippen molar-refractivity contribution in [2.75, 3.05) is 0 Å². The van der Waals surface area contributed by atoms with Crippen LogP contribution in [0.2, 0.25) is 8.35 Å². The van der Waals surface area contributed by atoms with E-state index in [9.17, 15) is 0 Å². The molecule has 0 radical (unpaired) electrons. The van der Waals surface area contributed by atoms with Crippen LogP contribution in [-0.4, -0.2) is 0 Å². The molecule has 1 saturated heterocycles. The van der Waals surface area contributed by atoms with E-state index in [2.05, 4.69) is 60.7 Å². The van der Waals surface area contributed by atoms with Crippen molar-refractivity contribution in [3.05, 3.63) is 81.9 Å². The van der Waals surface area contributed by atoms with Gasteiger partial charge in [-0.25, -0.2) is 0 Å². The number of fused-ring (bicyclic) bond motifs is 2. The van der Waals surface area contributed by atoms with E-state index < -0.39 is 20.0 Å². The summed E-state index contributed by atoms with van der Waals surface area (Å²) in [6.45, 7) is 0. The molecule has 2 unspecified atom stereocenters. The summed E-state index contributed by atoms with van der Waals surface area (Å²) in [5.41, 5.74) is 10.5. The first-order valence-corrected chi connectivity index (χ1v) is 22.7. The summed E-state index contributed by atoms with van der Waals surface area (Å²) in [4.78, 5) is 0. The molecule has 5 aliphatic rings. The topological polar surface area (TPSA) is 0 Å². The number of rotatable bonds is 4. The van der Waals surface area contributed by atoms with Crippen molar-refractivity contribution < 1.29 is 44.8 Å². The van der Waals surface area contributed by atoms with Crippen LogP contribution in [0.3, 0.4) is 0 Å². The van der Waals surface area contributed by atoms with Crippen LogP contribution in [0.5, 0.6) is 0 Å². The number of allylic oxidation sites excluding steroid dienone is 2. The average Bonchev–Trinajstić information content (AvgIpc) is 3.58. The predicted octanol–water partition coefficient (Wildman–Crippen LogP) is 3.05. The van der Waals surface area contributed by atoms with Crippen LogP contribution >= 0.6 is 0 Å². The van der Waals surface area contributed by atoms with E-state index in [-0.39, 0.29) is 24.8 Å². The summed E-state index contributed by atoms with van der Waals surface area (Å²) in [7, 11) is 0. The molecule has 3 heteroatoms. The van der Waals surface area contributed by atoms with Gasteiger partial charge in [0.2, 0.25) is 0 Å². The molecule has 0 spiro atoms. The Bertz CT molecular complexity index is 1020. The molecule has 0 aromatic heterocycles. The van der Waals surface area contributed by atoms with Crippen LogP contribution in [0, 0.1) is 11.8 Å². The number of hydrogen-bond acceptors (Lipinski definition) is 0. The zero-order valence-corrected chi connectivity index (χ0v) is 25.2. The van der Waals surface area contributed by atoms with Gasteiger partial charge in [0.1, 0.15) is 0 Å². The Morgan fingerprint density at radius 1 is 0.529 bits per heavy atom. The van der Waals surface area contributed by atoms with E-state index in [0.717, 1.165) is 19.2 Å². The molecule has 0 amide bonds. The van der Waals surface area contributed by atoms with Crippen LogP contribution in [0.15, 0.2) is 59.7 Å². The Kier molecular flexibility index (Phi) is 7.38. The molecule has 0 N–H and O–H groups in total. The van der Waals surface area contributed by atoms with E-state index in [4.69, 9.17) is 0 Å². The summed E-state index contributed by atoms with van der Waals surface area (Å²) in [6, 6.07) is 19.2. The molecule has 3 fully saturated rings. The molecule has 2 atom stereocenters. The molecule has 0 nitrogen and oxygen atoms in total. The van der Waals surface area contributed by atoms with E-state index >= 15 is 0 Å². The van der Waals surface area contributed by atoms with Gasteiger partial charge in [0.15, 0.2) is 0 Å². The third-order valence-corrected chi connectivity index (χ3v) is 32.1. The quantitative estimate of drug-likeness (QED) is 0.444. The van der Waals surface area contributed by atoms with Crippen molar-refractivity contribution in [2.24, 2.45) is 11.8 Å². The Labute approximate surface area is 222 Å². The maximum Gasteiger partial charge on any atom is -1.00 e. The molecule has 2 aromatic rings. The first-order chi connectivity index (χ1) is 15.9. The fourth-order valence-corrected chi connectivity index (χ4v) is 31.5. The molecule has 2 saturated carbocycles. The fraction of sp³-hybridized carbons (Fsp3) is 0.484.